The van der Waals surface area contributed by atoms with Gasteiger partial charge in [0.2, 0.25) is 0 Å². The van der Waals surface area contributed by atoms with Crippen molar-refractivity contribution in [2.75, 3.05) is 25.9 Å². The maximum Gasteiger partial charge on any atom is 0.193 e. The van der Waals surface area contributed by atoms with E-state index in [9.17, 15) is 4.39 Å². The summed E-state index contributed by atoms with van der Waals surface area (Å²) in [6, 6.07) is 5.28. The second-order valence-corrected chi connectivity index (χ2v) is 7.41. The summed E-state index contributed by atoms with van der Waals surface area (Å²) in [5, 5.41) is 4.01. The molecule has 25 heavy (non-hydrogen) atoms. The van der Waals surface area contributed by atoms with Crippen LogP contribution in [0.25, 0.3) is 5.69 Å². The monoisotopic (exact) mass is 361 g/mol. The van der Waals surface area contributed by atoms with Crippen molar-refractivity contribution in [3.05, 3.63) is 48.3 Å². The van der Waals surface area contributed by atoms with Crippen LogP contribution < -0.4 is 5.32 Å². The lowest BCUT2D eigenvalue weighted by molar-refractivity contribution is 0.408. The van der Waals surface area contributed by atoms with Crippen molar-refractivity contribution in [1.82, 2.24) is 19.8 Å². The number of hydrogen-bond donors (Lipinski definition) is 1. The predicted molar refractivity (Wildman–Crippen MR) is 102 cm³/mol. The minimum atomic E-state index is -0.257. The minimum absolute atomic E-state index is 0.257. The highest BCUT2D eigenvalue weighted by atomic mass is 32.2. The van der Waals surface area contributed by atoms with E-state index in [1.165, 1.54) is 6.42 Å². The maximum atomic E-state index is 14.4. The second kappa shape index (κ2) is 8.38. The highest BCUT2D eigenvalue weighted by Gasteiger charge is 2.21. The van der Waals surface area contributed by atoms with Crippen molar-refractivity contribution in [2.45, 2.75) is 25.1 Å². The van der Waals surface area contributed by atoms with Crippen LogP contribution in [0.3, 0.4) is 0 Å². The third kappa shape index (κ3) is 4.34. The molecule has 2 heterocycles. The standard InChI is InChI=1S/C18H24FN5S/c1-3-15-12-23(8-9-25-15)18(20-2)22-11-14-4-5-17(16(19)10-14)24-7-6-21-13-24/h4-7,10,13,15H,3,8-9,11-12H2,1-2H3,(H,20,22). The van der Waals surface area contributed by atoms with Gasteiger partial charge in [-0.2, -0.15) is 11.8 Å². The molecule has 0 bridgehead atoms. The summed E-state index contributed by atoms with van der Waals surface area (Å²) in [5.41, 5.74) is 1.39. The molecule has 1 saturated heterocycles. The molecule has 0 amide bonds. The van der Waals surface area contributed by atoms with Gasteiger partial charge in [-0.1, -0.05) is 13.0 Å². The average molecular weight is 361 g/mol. The first-order valence-electron chi connectivity index (χ1n) is 8.55. The second-order valence-electron chi connectivity index (χ2n) is 6.00. The quantitative estimate of drug-likeness (QED) is 0.672. The highest BCUT2D eigenvalue weighted by molar-refractivity contribution is 8.00. The van der Waals surface area contributed by atoms with Gasteiger partial charge in [0.1, 0.15) is 5.82 Å². The Hall–Kier alpha value is -2.02. The number of aliphatic imine (C=N–C) groups is 1. The van der Waals surface area contributed by atoms with Gasteiger partial charge in [0.25, 0.3) is 0 Å². The smallest absolute Gasteiger partial charge is 0.193 e. The first kappa shape index (κ1) is 17.8. The molecule has 1 atom stereocenters. The predicted octanol–water partition coefficient (Wildman–Crippen LogP) is 2.91. The van der Waals surface area contributed by atoms with Gasteiger partial charge in [-0.15, -0.1) is 0 Å². The molecular weight excluding hydrogens is 337 g/mol. The molecule has 1 aromatic heterocycles. The van der Waals surface area contributed by atoms with Gasteiger partial charge in [-0.05, 0) is 24.1 Å². The van der Waals surface area contributed by atoms with E-state index in [0.29, 0.717) is 17.5 Å². The topological polar surface area (TPSA) is 45.5 Å². The van der Waals surface area contributed by atoms with Crippen molar-refractivity contribution in [2.24, 2.45) is 4.99 Å². The molecule has 1 aliphatic heterocycles. The van der Waals surface area contributed by atoms with E-state index in [1.54, 1.807) is 42.5 Å². The fraction of sp³-hybridized carbons (Fsp3) is 0.444. The number of benzene rings is 1. The Morgan fingerprint density at radius 2 is 2.36 bits per heavy atom. The number of aromatic nitrogens is 2. The Labute approximate surface area is 152 Å². The van der Waals surface area contributed by atoms with E-state index in [1.807, 2.05) is 17.8 Å². The zero-order chi connectivity index (χ0) is 17.6. The van der Waals surface area contributed by atoms with Crippen LogP contribution in [0.5, 0.6) is 0 Å². The van der Waals surface area contributed by atoms with Gasteiger partial charge in [-0.25, -0.2) is 9.37 Å². The zero-order valence-corrected chi connectivity index (χ0v) is 15.5. The molecule has 1 aliphatic rings. The molecule has 5 nitrogen and oxygen atoms in total. The van der Waals surface area contributed by atoms with E-state index >= 15 is 0 Å². The van der Waals surface area contributed by atoms with Gasteiger partial charge in [0.05, 0.1) is 12.0 Å². The average Bonchev–Trinajstić information content (AvgIpc) is 3.17. The van der Waals surface area contributed by atoms with Crippen LogP contribution in [0.4, 0.5) is 4.39 Å². The van der Waals surface area contributed by atoms with Crippen LogP contribution in [0.2, 0.25) is 0 Å². The normalized spacial score (nSPS) is 18.4. The molecule has 1 unspecified atom stereocenters. The van der Waals surface area contributed by atoms with E-state index in [4.69, 9.17) is 0 Å². The fourth-order valence-corrected chi connectivity index (χ4v) is 4.12. The van der Waals surface area contributed by atoms with E-state index in [0.717, 1.165) is 30.4 Å². The van der Waals surface area contributed by atoms with Crippen molar-refractivity contribution >= 4 is 17.7 Å². The molecule has 3 rings (SSSR count). The molecule has 134 valence electrons. The molecule has 1 aromatic carbocycles. The molecule has 0 radical (unpaired) electrons. The summed E-state index contributed by atoms with van der Waals surface area (Å²) in [6.07, 6.45) is 6.13. The largest absolute Gasteiger partial charge is 0.352 e. The lowest BCUT2D eigenvalue weighted by Crippen LogP contribution is -2.47. The van der Waals surface area contributed by atoms with Crippen LogP contribution in [0.15, 0.2) is 41.9 Å². The SMILES string of the molecule is CCC1CN(C(=NC)NCc2ccc(-n3ccnc3)c(F)c2)CCS1. The summed E-state index contributed by atoms with van der Waals surface area (Å²) >= 11 is 2.03. The van der Waals surface area contributed by atoms with Gasteiger partial charge >= 0.3 is 0 Å². The lowest BCUT2D eigenvalue weighted by atomic mass is 10.2. The van der Waals surface area contributed by atoms with Crippen LogP contribution in [-0.4, -0.2) is 51.6 Å². The summed E-state index contributed by atoms with van der Waals surface area (Å²) in [6.45, 7) is 4.78. The van der Waals surface area contributed by atoms with Gasteiger partial charge in [-0.3, -0.25) is 4.99 Å². The number of halogens is 1. The zero-order valence-electron chi connectivity index (χ0n) is 14.7. The maximum absolute atomic E-state index is 14.4. The number of nitrogens with zero attached hydrogens (tertiary/aromatic N) is 4. The molecule has 1 N–H and O–H groups in total. The van der Waals surface area contributed by atoms with E-state index < -0.39 is 0 Å². The fourth-order valence-electron chi connectivity index (χ4n) is 2.94. The number of rotatable bonds is 4. The molecule has 0 aliphatic carbocycles. The lowest BCUT2D eigenvalue weighted by Gasteiger charge is -2.34. The first-order valence-corrected chi connectivity index (χ1v) is 9.60. The Morgan fingerprint density at radius 1 is 1.48 bits per heavy atom. The van der Waals surface area contributed by atoms with Crippen LogP contribution in [0, 0.1) is 5.82 Å². The third-order valence-electron chi connectivity index (χ3n) is 4.35. The first-order chi connectivity index (χ1) is 12.2. The van der Waals surface area contributed by atoms with Crippen molar-refractivity contribution in [1.29, 1.82) is 0 Å². The number of thioether (sulfide) groups is 1. The van der Waals surface area contributed by atoms with Crippen molar-refractivity contribution < 1.29 is 4.39 Å². The molecular formula is C18H24FN5S. The highest BCUT2D eigenvalue weighted by Crippen LogP contribution is 2.21. The van der Waals surface area contributed by atoms with Gasteiger partial charge < -0.3 is 14.8 Å². The number of hydrogen-bond acceptors (Lipinski definition) is 3. The Morgan fingerprint density at radius 3 is 3.04 bits per heavy atom. The van der Waals surface area contributed by atoms with Gasteiger partial charge in [0, 0.05) is 50.1 Å². The third-order valence-corrected chi connectivity index (χ3v) is 5.72. The molecule has 1 fully saturated rings. The summed E-state index contributed by atoms with van der Waals surface area (Å²) in [4.78, 5) is 10.6. The summed E-state index contributed by atoms with van der Waals surface area (Å²) in [7, 11) is 1.80. The molecule has 7 heteroatoms. The number of imidazole rings is 1. The van der Waals surface area contributed by atoms with E-state index in [-0.39, 0.29) is 5.82 Å². The minimum Gasteiger partial charge on any atom is -0.352 e. The number of nitrogens with one attached hydrogen (secondary N) is 1. The van der Waals surface area contributed by atoms with Gasteiger partial charge in [0.15, 0.2) is 5.96 Å². The Balaban J connectivity index is 1.63. The van der Waals surface area contributed by atoms with Crippen molar-refractivity contribution in [3.8, 4) is 5.69 Å². The number of guanidine groups is 1. The van der Waals surface area contributed by atoms with Crippen LogP contribution in [-0.2, 0) is 6.54 Å². The summed E-state index contributed by atoms with van der Waals surface area (Å²) in [5.74, 6) is 1.75. The Bertz CT molecular complexity index is 716. The Kier molecular flexibility index (Phi) is 5.96. The van der Waals surface area contributed by atoms with E-state index in [2.05, 4.69) is 27.1 Å². The molecule has 0 saturated carbocycles. The molecule has 2 aromatic rings. The van der Waals surface area contributed by atoms with Crippen LogP contribution in [0.1, 0.15) is 18.9 Å². The summed E-state index contributed by atoms with van der Waals surface area (Å²) < 4.78 is 16.0. The molecule has 0 spiro atoms. The van der Waals surface area contributed by atoms with Crippen LogP contribution >= 0.6 is 11.8 Å². The van der Waals surface area contributed by atoms with Crippen molar-refractivity contribution in [3.63, 3.8) is 0 Å².